The Morgan fingerprint density at radius 2 is 1.78 bits per heavy atom. The summed E-state index contributed by atoms with van der Waals surface area (Å²) in [5, 5.41) is 12.6. The van der Waals surface area contributed by atoms with Crippen molar-refractivity contribution in [3.05, 3.63) is 59.7 Å². The number of rotatable bonds is 4. The zero-order valence-corrected chi connectivity index (χ0v) is 15.1. The number of amides is 1. The third kappa shape index (κ3) is 2.65. The Balaban J connectivity index is 1.29. The van der Waals surface area contributed by atoms with E-state index in [1.807, 2.05) is 24.3 Å². The molecule has 2 N–H and O–H groups in total. The largest absolute Gasteiger partial charge is 0.449 e. The van der Waals surface area contributed by atoms with Crippen LogP contribution >= 0.6 is 0 Å². The molecule has 2 fully saturated rings. The van der Waals surface area contributed by atoms with Gasteiger partial charge in [-0.05, 0) is 35.1 Å². The van der Waals surface area contributed by atoms with Crippen molar-refractivity contribution in [3.8, 4) is 11.1 Å². The van der Waals surface area contributed by atoms with E-state index in [1.54, 1.807) is 0 Å². The van der Waals surface area contributed by atoms with E-state index in [9.17, 15) is 9.90 Å². The van der Waals surface area contributed by atoms with Crippen molar-refractivity contribution in [1.82, 2.24) is 5.32 Å². The molecule has 0 radical (unpaired) electrons. The van der Waals surface area contributed by atoms with Crippen LogP contribution in [0.15, 0.2) is 48.5 Å². The van der Waals surface area contributed by atoms with E-state index in [-0.39, 0.29) is 12.5 Å². The second kappa shape index (κ2) is 6.08. The molecule has 0 spiro atoms. The first kappa shape index (κ1) is 16.8. The first-order valence-electron chi connectivity index (χ1n) is 9.52. The van der Waals surface area contributed by atoms with Crippen molar-refractivity contribution in [2.24, 2.45) is 0 Å². The van der Waals surface area contributed by atoms with Crippen molar-refractivity contribution in [1.29, 1.82) is 0 Å². The van der Waals surface area contributed by atoms with E-state index >= 15 is 0 Å². The van der Waals surface area contributed by atoms with E-state index in [1.165, 1.54) is 22.3 Å². The van der Waals surface area contributed by atoms with Gasteiger partial charge in [0.15, 0.2) is 0 Å². The van der Waals surface area contributed by atoms with E-state index < -0.39 is 17.2 Å². The van der Waals surface area contributed by atoms with Crippen LogP contribution in [0.25, 0.3) is 11.1 Å². The zero-order chi connectivity index (χ0) is 18.5. The van der Waals surface area contributed by atoms with Crippen LogP contribution in [0.2, 0.25) is 0 Å². The maximum Gasteiger partial charge on any atom is 0.407 e. The Morgan fingerprint density at radius 1 is 1.11 bits per heavy atom. The summed E-state index contributed by atoms with van der Waals surface area (Å²) >= 11 is 0. The van der Waals surface area contributed by atoms with Crippen molar-refractivity contribution in [3.63, 3.8) is 0 Å². The molecule has 2 aromatic carbocycles. The molecule has 1 heterocycles. The minimum absolute atomic E-state index is 0.00111. The lowest BCUT2D eigenvalue weighted by Gasteiger charge is -2.28. The van der Waals surface area contributed by atoms with Gasteiger partial charge in [-0.1, -0.05) is 48.5 Å². The van der Waals surface area contributed by atoms with Gasteiger partial charge >= 0.3 is 6.09 Å². The smallest absolute Gasteiger partial charge is 0.407 e. The summed E-state index contributed by atoms with van der Waals surface area (Å²) in [6, 6.07) is 16.6. The molecule has 5 rings (SSSR count). The highest BCUT2D eigenvalue weighted by Crippen LogP contribution is 2.47. The van der Waals surface area contributed by atoms with Crippen LogP contribution in [-0.4, -0.2) is 42.2 Å². The van der Waals surface area contributed by atoms with Gasteiger partial charge in [-0.2, -0.15) is 0 Å². The number of alkyl carbamates (subject to hydrolysis) is 1. The topological polar surface area (TPSA) is 67.8 Å². The van der Waals surface area contributed by atoms with Gasteiger partial charge in [-0.3, -0.25) is 0 Å². The molecule has 27 heavy (non-hydrogen) atoms. The van der Waals surface area contributed by atoms with Gasteiger partial charge in [0, 0.05) is 12.3 Å². The maximum atomic E-state index is 12.5. The van der Waals surface area contributed by atoms with Gasteiger partial charge in [-0.15, -0.1) is 0 Å². The number of aliphatic hydroxyl groups is 1. The average Bonchev–Trinajstić information content (AvgIpc) is 3.35. The number of carbonyl (C=O) groups is 1. The highest BCUT2D eigenvalue weighted by Gasteiger charge is 2.56. The molecule has 140 valence electrons. The van der Waals surface area contributed by atoms with Crippen LogP contribution in [0, 0.1) is 0 Å². The summed E-state index contributed by atoms with van der Waals surface area (Å²) < 4.78 is 11.4. The van der Waals surface area contributed by atoms with Gasteiger partial charge in [0.25, 0.3) is 0 Å². The molecule has 2 aliphatic carbocycles. The molecular formula is C22H23NO4. The lowest BCUT2D eigenvalue weighted by Crippen LogP contribution is -2.48. The molecule has 5 nitrogen and oxygen atoms in total. The molecule has 2 atom stereocenters. The van der Waals surface area contributed by atoms with Gasteiger partial charge in [0.05, 0.1) is 24.4 Å². The van der Waals surface area contributed by atoms with E-state index in [2.05, 4.69) is 29.6 Å². The number of benzene rings is 2. The van der Waals surface area contributed by atoms with Crippen LogP contribution in [0.3, 0.4) is 0 Å². The summed E-state index contributed by atoms with van der Waals surface area (Å²) in [5.74, 6) is 0.0561. The SMILES string of the molecule is O=C(NC12CCC(CO)(C1)OC2)OCC1c2ccccc2-c2ccccc21. The van der Waals surface area contributed by atoms with E-state index in [0.717, 1.165) is 12.8 Å². The first-order valence-corrected chi connectivity index (χ1v) is 9.52. The van der Waals surface area contributed by atoms with Crippen molar-refractivity contribution >= 4 is 6.09 Å². The summed E-state index contributed by atoms with van der Waals surface area (Å²) in [6.45, 7) is 0.751. The first-order chi connectivity index (χ1) is 13.1. The predicted molar refractivity (Wildman–Crippen MR) is 101 cm³/mol. The quantitative estimate of drug-likeness (QED) is 0.873. The van der Waals surface area contributed by atoms with Crippen molar-refractivity contribution < 1.29 is 19.4 Å². The number of hydrogen-bond donors (Lipinski definition) is 2. The molecule has 2 unspecified atom stereocenters. The average molecular weight is 365 g/mol. The van der Waals surface area contributed by atoms with Gasteiger partial charge < -0.3 is 19.9 Å². The molecule has 1 amide bonds. The van der Waals surface area contributed by atoms with E-state index in [0.29, 0.717) is 19.6 Å². The fourth-order valence-corrected chi connectivity index (χ4v) is 4.97. The lowest BCUT2D eigenvalue weighted by molar-refractivity contribution is -0.0561. The Morgan fingerprint density at radius 3 is 2.33 bits per heavy atom. The number of ether oxygens (including phenoxy) is 2. The molecular weight excluding hydrogens is 342 g/mol. The predicted octanol–water partition coefficient (Wildman–Crippen LogP) is 3.21. The second-order valence-electron chi connectivity index (χ2n) is 8.04. The molecule has 2 aromatic rings. The normalized spacial score (nSPS) is 28.0. The van der Waals surface area contributed by atoms with Crippen LogP contribution in [0.5, 0.6) is 0 Å². The molecule has 1 aliphatic heterocycles. The highest BCUT2D eigenvalue weighted by atomic mass is 16.6. The van der Waals surface area contributed by atoms with Crippen LogP contribution in [0.1, 0.15) is 36.3 Å². The summed E-state index contributed by atoms with van der Waals surface area (Å²) in [7, 11) is 0. The summed E-state index contributed by atoms with van der Waals surface area (Å²) in [6.07, 6.45) is 1.84. The molecule has 3 aliphatic rings. The number of aliphatic hydroxyl groups excluding tert-OH is 1. The van der Waals surface area contributed by atoms with Crippen LogP contribution < -0.4 is 5.32 Å². The standard InChI is InChI=1S/C22H23NO4/c24-13-22-10-9-21(12-22,14-27-22)23-20(25)26-11-19-17-7-3-1-5-15(17)16-6-2-4-8-18(16)19/h1-8,19,24H,9-14H2,(H,23,25). The molecule has 2 bridgehead atoms. The number of carbonyl (C=O) groups excluding carboxylic acids is 1. The number of hydrogen-bond acceptors (Lipinski definition) is 4. The maximum absolute atomic E-state index is 12.5. The Kier molecular flexibility index (Phi) is 3.78. The molecule has 1 saturated carbocycles. The Hall–Kier alpha value is -2.37. The monoisotopic (exact) mass is 365 g/mol. The molecule has 0 aromatic heterocycles. The molecule has 1 saturated heterocycles. The van der Waals surface area contributed by atoms with Gasteiger partial charge in [-0.25, -0.2) is 4.79 Å². The van der Waals surface area contributed by atoms with Crippen LogP contribution in [-0.2, 0) is 9.47 Å². The minimum atomic E-state index is -0.476. The summed E-state index contributed by atoms with van der Waals surface area (Å²) in [4.78, 5) is 12.5. The fourth-order valence-electron chi connectivity index (χ4n) is 4.97. The van der Waals surface area contributed by atoms with E-state index in [4.69, 9.17) is 9.47 Å². The van der Waals surface area contributed by atoms with Gasteiger partial charge in [0.2, 0.25) is 0 Å². The minimum Gasteiger partial charge on any atom is -0.449 e. The summed E-state index contributed by atoms with van der Waals surface area (Å²) in [5.41, 5.74) is 3.96. The third-order valence-electron chi connectivity index (χ3n) is 6.37. The lowest BCUT2D eigenvalue weighted by atomic mass is 9.98. The highest BCUT2D eigenvalue weighted by molar-refractivity contribution is 5.79. The second-order valence-corrected chi connectivity index (χ2v) is 8.04. The fraction of sp³-hybridized carbons (Fsp3) is 0.409. The van der Waals surface area contributed by atoms with Crippen molar-refractivity contribution in [2.45, 2.75) is 36.3 Å². The Bertz CT molecular complexity index is 840. The Labute approximate surface area is 158 Å². The van der Waals surface area contributed by atoms with Crippen LogP contribution in [0.4, 0.5) is 4.79 Å². The number of nitrogens with one attached hydrogen (secondary N) is 1. The number of fused-ring (bicyclic) bond motifs is 5. The third-order valence-corrected chi connectivity index (χ3v) is 6.37. The van der Waals surface area contributed by atoms with Crippen molar-refractivity contribution in [2.75, 3.05) is 19.8 Å². The van der Waals surface area contributed by atoms with Gasteiger partial charge in [0.1, 0.15) is 6.61 Å². The molecule has 5 heteroatoms. The zero-order valence-electron chi connectivity index (χ0n) is 15.1.